The summed E-state index contributed by atoms with van der Waals surface area (Å²) in [6.07, 6.45) is 0.224. The number of hydrogen-bond donors (Lipinski definition) is 0. The van der Waals surface area contributed by atoms with Crippen molar-refractivity contribution < 1.29 is 19.1 Å². The number of carbonyl (C=O) groups excluding carboxylic acids is 2. The van der Waals surface area contributed by atoms with Gasteiger partial charge in [0.25, 0.3) is 0 Å². The van der Waals surface area contributed by atoms with Crippen molar-refractivity contribution >= 4 is 11.9 Å². The molecule has 1 aliphatic heterocycles. The summed E-state index contributed by atoms with van der Waals surface area (Å²) in [4.78, 5) is 25.0. The Bertz CT molecular complexity index is 486. The maximum Gasteiger partial charge on any atom is 0.310 e. The molecular formula is C14H17NO4. The lowest BCUT2D eigenvalue weighted by atomic mass is 10.1. The Morgan fingerprint density at radius 3 is 2.79 bits per heavy atom. The van der Waals surface area contributed by atoms with Crippen LogP contribution in [0.3, 0.4) is 0 Å². The predicted molar refractivity (Wildman–Crippen MR) is 68.5 cm³/mol. The molecule has 0 saturated carbocycles. The van der Waals surface area contributed by atoms with Crippen molar-refractivity contribution in [3.05, 3.63) is 29.8 Å². The minimum Gasteiger partial charge on any atom is -0.496 e. The Balaban J connectivity index is 2.07. The molecule has 1 amide bonds. The van der Waals surface area contributed by atoms with Crippen LogP contribution in [0.1, 0.15) is 12.0 Å². The number of amides is 1. The van der Waals surface area contributed by atoms with E-state index in [-0.39, 0.29) is 24.2 Å². The summed E-state index contributed by atoms with van der Waals surface area (Å²) in [5, 5.41) is 0. The maximum absolute atomic E-state index is 11.9. The quantitative estimate of drug-likeness (QED) is 0.766. The number of hydrogen-bond acceptors (Lipinski definition) is 4. The van der Waals surface area contributed by atoms with Gasteiger partial charge in [0.1, 0.15) is 5.75 Å². The first-order chi connectivity index (χ1) is 9.15. The third kappa shape index (κ3) is 2.86. The van der Waals surface area contributed by atoms with Crippen LogP contribution < -0.4 is 4.74 Å². The summed E-state index contributed by atoms with van der Waals surface area (Å²) in [6, 6.07) is 7.55. The van der Waals surface area contributed by atoms with E-state index >= 15 is 0 Å². The van der Waals surface area contributed by atoms with Gasteiger partial charge in [-0.15, -0.1) is 0 Å². The standard InChI is InChI=1S/C14H17NO4/c1-18-12-6-4-3-5-10(12)8-15-9-11(7-13(15)16)14(17)19-2/h3-6,11H,7-9H2,1-2H3. The molecule has 1 fully saturated rings. The van der Waals surface area contributed by atoms with E-state index in [0.29, 0.717) is 13.1 Å². The van der Waals surface area contributed by atoms with Gasteiger partial charge in [0, 0.05) is 25.1 Å². The molecule has 1 aliphatic rings. The molecule has 2 rings (SSSR count). The summed E-state index contributed by atoms with van der Waals surface area (Å²) in [5.74, 6) is 0.0428. The van der Waals surface area contributed by atoms with Crippen LogP contribution >= 0.6 is 0 Å². The van der Waals surface area contributed by atoms with Gasteiger partial charge in [-0.25, -0.2) is 0 Å². The Morgan fingerprint density at radius 1 is 1.37 bits per heavy atom. The van der Waals surface area contributed by atoms with Crippen LogP contribution in [0.15, 0.2) is 24.3 Å². The number of benzene rings is 1. The lowest BCUT2D eigenvalue weighted by Gasteiger charge is -2.18. The third-order valence-electron chi connectivity index (χ3n) is 3.30. The average Bonchev–Trinajstić information content (AvgIpc) is 2.80. The van der Waals surface area contributed by atoms with Gasteiger partial charge in [0.2, 0.25) is 5.91 Å². The van der Waals surface area contributed by atoms with E-state index in [4.69, 9.17) is 4.74 Å². The molecule has 1 aromatic rings. The second-order valence-corrected chi connectivity index (χ2v) is 4.51. The van der Waals surface area contributed by atoms with Crippen molar-refractivity contribution in [1.29, 1.82) is 0 Å². The highest BCUT2D eigenvalue weighted by molar-refractivity contribution is 5.86. The second-order valence-electron chi connectivity index (χ2n) is 4.51. The van der Waals surface area contributed by atoms with Gasteiger partial charge < -0.3 is 14.4 Å². The van der Waals surface area contributed by atoms with Crippen LogP contribution in [0, 0.1) is 5.92 Å². The number of methoxy groups -OCH3 is 2. The van der Waals surface area contributed by atoms with Crippen LogP contribution in [0.5, 0.6) is 5.75 Å². The summed E-state index contributed by atoms with van der Waals surface area (Å²) in [6.45, 7) is 0.861. The topological polar surface area (TPSA) is 55.8 Å². The molecule has 0 aliphatic carbocycles. The number of likely N-dealkylation sites (tertiary alicyclic amines) is 1. The Morgan fingerprint density at radius 2 is 2.11 bits per heavy atom. The van der Waals surface area contributed by atoms with Crippen LogP contribution in [0.2, 0.25) is 0 Å². The van der Waals surface area contributed by atoms with Crippen LogP contribution in [-0.4, -0.2) is 37.5 Å². The zero-order valence-corrected chi connectivity index (χ0v) is 11.1. The maximum atomic E-state index is 11.9. The Kier molecular flexibility index (Phi) is 4.04. The van der Waals surface area contributed by atoms with Crippen molar-refractivity contribution in [2.75, 3.05) is 20.8 Å². The number of carbonyl (C=O) groups is 2. The number of rotatable bonds is 4. The zero-order chi connectivity index (χ0) is 13.8. The molecule has 5 heteroatoms. The third-order valence-corrected chi connectivity index (χ3v) is 3.30. The van der Waals surface area contributed by atoms with E-state index in [9.17, 15) is 9.59 Å². The fourth-order valence-electron chi connectivity index (χ4n) is 2.29. The molecule has 0 bridgehead atoms. The van der Waals surface area contributed by atoms with Crippen LogP contribution in [-0.2, 0) is 20.9 Å². The summed E-state index contributed by atoms with van der Waals surface area (Å²) < 4.78 is 9.94. The van der Waals surface area contributed by atoms with Gasteiger partial charge in [-0.05, 0) is 6.07 Å². The smallest absolute Gasteiger partial charge is 0.310 e. The Labute approximate surface area is 112 Å². The van der Waals surface area contributed by atoms with Crippen molar-refractivity contribution in [2.24, 2.45) is 5.92 Å². The molecule has 0 N–H and O–H groups in total. The second kappa shape index (κ2) is 5.73. The summed E-state index contributed by atoms with van der Waals surface area (Å²) in [5.41, 5.74) is 0.934. The van der Waals surface area contributed by atoms with E-state index in [1.165, 1.54) is 7.11 Å². The molecule has 0 aromatic heterocycles. The summed E-state index contributed by atoms with van der Waals surface area (Å²) >= 11 is 0. The highest BCUT2D eigenvalue weighted by Gasteiger charge is 2.35. The van der Waals surface area contributed by atoms with Crippen molar-refractivity contribution in [2.45, 2.75) is 13.0 Å². The average molecular weight is 263 g/mol. The largest absolute Gasteiger partial charge is 0.496 e. The molecule has 1 aromatic carbocycles. The molecule has 0 radical (unpaired) electrons. The van der Waals surface area contributed by atoms with Gasteiger partial charge in [-0.3, -0.25) is 9.59 Å². The number of esters is 1. The SMILES string of the molecule is COC(=O)C1CC(=O)N(Cc2ccccc2OC)C1. The van der Waals surface area contributed by atoms with Gasteiger partial charge in [0.15, 0.2) is 0 Å². The van der Waals surface area contributed by atoms with Crippen molar-refractivity contribution in [3.8, 4) is 5.75 Å². The molecule has 0 spiro atoms. The molecule has 1 unspecified atom stereocenters. The van der Waals surface area contributed by atoms with E-state index in [1.54, 1.807) is 12.0 Å². The van der Waals surface area contributed by atoms with Gasteiger partial charge in [-0.1, -0.05) is 18.2 Å². The predicted octanol–water partition coefficient (Wildman–Crippen LogP) is 1.22. The molecule has 1 saturated heterocycles. The van der Waals surface area contributed by atoms with Gasteiger partial charge in [-0.2, -0.15) is 0 Å². The molecule has 102 valence electrons. The fourth-order valence-corrected chi connectivity index (χ4v) is 2.29. The van der Waals surface area contributed by atoms with E-state index in [0.717, 1.165) is 11.3 Å². The molecule has 19 heavy (non-hydrogen) atoms. The first-order valence-electron chi connectivity index (χ1n) is 6.13. The number of ether oxygens (including phenoxy) is 2. The van der Waals surface area contributed by atoms with Crippen LogP contribution in [0.4, 0.5) is 0 Å². The first kappa shape index (κ1) is 13.4. The lowest BCUT2D eigenvalue weighted by molar-refractivity contribution is -0.145. The van der Waals surface area contributed by atoms with Crippen LogP contribution in [0.25, 0.3) is 0 Å². The molecule has 1 atom stereocenters. The zero-order valence-electron chi connectivity index (χ0n) is 11.1. The molecule has 5 nitrogen and oxygen atoms in total. The number of para-hydroxylation sites is 1. The minimum absolute atomic E-state index is 0.0266. The fraction of sp³-hybridized carbons (Fsp3) is 0.429. The first-order valence-corrected chi connectivity index (χ1v) is 6.13. The van der Waals surface area contributed by atoms with E-state index < -0.39 is 0 Å². The van der Waals surface area contributed by atoms with Crippen molar-refractivity contribution in [3.63, 3.8) is 0 Å². The Hall–Kier alpha value is -2.04. The highest BCUT2D eigenvalue weighted by Crippen LogP contribution is 2.25. The molecule has 1 heterocycles. The van der Waals surface area contributed by atoms with Gasteiger partial charge >= 0.3 is 5.97 Å². The van der Waals surface area contributed by atoms with Crippen molar-refractivity contribution in [1.82, 2.24) is 4.90 Å². The monoisotopic (exact) mass is 263 g/mol. The summed E-state index contributed by atoms with van der Waals surface area (Å²) in [7, 11) is 2.94. The van der Waals surface area contributed by atoms with Gasteiger partial charge in [0.05, 0.1) is 20.1 Å². The minimum atomic E-state index is -0.354. The molecular weight excluding hydrogens is 246 g/mol. The normalized spacial score (nSPS) is 18.5. The van der Waals surface area contributed by atoms with E-state index in [2.05, 4.69) is 4.74 Å². The number of nitrogens with zero attached hydrogens (tertiary/aromatic N) is 1. The lowest BCUT2D eigenvalue weighted by Crippen LogP contribution is -2.26. The highest BCUT2D eigenvalue weighted by atomic mass is 16.5. The van der Waals surface area contributed by atoms with E-state index in [1.807, 2.05) is 24.3 Å².